The van der Waals surface area contributed by atoms with Gasteiger partial charge in [0.15, 0.2) is 5.96 Å². The smallest absolute Gasteiger partial charge is 0.225 e. The molecule has 3 rings (SSSR count). The van der Waals surface area contributed by atoms with Crippen molar-refractivity contribution in [3.63, 3.8) is 0 Å². The number of nitrogens with zero attached hydrogens (tertiary/aromatic N) is 5. The standard InChI is InChI=1S/C23H32N8O.HI/c1-16(2)22(32)30-13-11-17(15-30)28-23(26-3)27-12-7-10-20-19(14-24)21(25)31(29-20)18-8-5-4-6-9-18;/h4-6,8-9,16-17H,7,10-13,15,25H2,1-3H3,(H2,26,27,28);1H. The Kier molecular flexibility index (Phi) is 9.96. The molecule has 1 saturated heterocycles. The van der Waals surface area contributed by atoms with Crippen LogP contribution in [0.15, 0.2) is 35.3 Å². The Morgan fingerprint density at radius 3 is 2.73 bits per heavy atom. The second kappa shape index (κ2) is 12.4. The van der Waals surface area contributed by atoms with Crippen LogP contribution in [0.1, 0.15) is 37.9 Å². The maximum atomic E-state index is 12.2. The first kappa shape index (κ1) is 26.4. The van der Waals surface area contributed by atoms with E-state index in [1.807, 2.05) is 49.1 Å². The first-order valence-electron chi connectivity index (χ1n) is 11.0. The number of para-hydroxylation sites is 1. The van der Waals surface area contributed by atoms with Crippen molar-refractivity contribution in [1.82, 2.24) is 25.3 Å². The summed E-state index contributed by atoms with van der Waals surface area (Å²) in [6.07, 6.45) is 2.29. The molecule has 0 bridgehead atoms. The van der Waals surface area contributed by atoms with Crippen LogP contribution in [-0.4, -0.2) is 59.3 Å². The molecule has 1 fully saturated rings. The Morgan fingerprint density at radius 2 is 2.09 bits per heavy atom. The van der Waals surface area contributed by atoms with Crippen molar-refractivity contribution in [1.29, 1.82) is 5.26 Å². The molecule has 2 aromatic rings. The van der Waals surface area contributed by atoms with E-state index in [1.165, 1.54) is 0 Å². The van der Waals surface area contributed by atoms with Crippen molar-refractivity contribution < 1.29 is 4.79 Å². The summed E-state index contributed by atoms with van der Waals surface area (Å²) >= 11 is 0. The number of guanidine groups is 1. The van der Waals surface area contributed by atoms with Crippen LogP contribution >= 0.6 is 24.0 Å². The van der Waals surface area contributed by atoms with E-state index in [2.05, 4.69) is 26.8 Å². The Balaban J connectivity index is 0.00000385. The molecule has 0 aliphatic carbocycles. The molecule has 1 amide bonds. The molecule has 0 radical (unpaired) electrons. The molecule has 9 nitrogen and oxygen atoms in total. The molecular weight excluding hydrogens is 531 g/mol. The largest absolute Gasteiger partial charge is 0.382 e. The molecule has 2 heterocycles. The highest BCUT2D eigenvalue weighted by Gasteiger charge is 2.28. The first-order valence-corrected chi connectivity index (χ1v) is 11.0. The zero-order valence-corrected chi connectivity index (χ0v) is 21.7. The Labute approximate surface area is 212 Å². The minimum Gasteiger partial charge on any atom is -0.382 e. The number of likely N-dealkylation sites (tertiary alicyclic amines) is 1. The normalized spacial score (nSPS) is 15.8. The van der Waals surface area contributed by atoms with Crippen LogP contribution in [0, 0.1) is 17.2 Å². The third-order valence-corrected chi connectivity index (χ3v) is 5.55. The fourth-order valence-corrected chi connectivity index (χ4v) is 3.84. The number of carbonyl (C=O) groups excluding carboxylic acids is 1. The maximum Gasteiger partial charge on any atom is 0.225 e. The summed E-state index contributed by atoms with van der Waals surface area (Å²) in [6.45, 7) is 5.99. The van der Waals surface area contributed by atoms with Crippen LogP contribution < -0.4 is 16.4 Å². The number of rotatable bonds is 7. The molecule has 1 aliphatic heterocycles. The average molecular weight is 564 g/mol. The van der Waals surface area contributed by atoms with Gasteiger partial charge in [0.25, 0.3) is 0 Å². The molecule has 0 spiro atoms. The number of anilines is 1. The van der Waals surface area contributed by atoms with Gasteiger partial charge in [0.05, 0.1) is 11.4 Å². The molecule has 1 aliphatic rings. The SMILES string of the molecule is CN=C(NCCCc1nn(-c2ccccc2)c(N)c1C#N)NC1CCN(C(=O)C(C)C)C1.I. The summed E-state index contributed by atoms with van der Waals surface area (Å²) in [5.74, 6) is 1.29. The van der Waals surface area contributed by atoms with Crippen molar-refractivity contribution in [3.8, 4) is 11.8 Å². The van der Waals surface area contributed by atoms with Gasteiger partial charge >= 0.3 is 0 Å². The van der Waals surface area contributed by atoms with Crippen molar-refractivity contribution in [2.45, 2.75) is 39.2 Å². The van der Waals surface area contributed by atoms with Gasteiger partial charge in [-0.2, -0.15) is 10.4 Å². The number of nitriles is 1. The summed E-state index contributed by atoms with van der Waals surface area (Å²) in [5, 5.41) is 20.8. The molecular formula is C23H33IN8O. The lowest BCUT2D eigenvalue weighted by Gasteiger charge is -2.20. The van der Waals surface area contributed by atoms with E-state index in [-0.39, 0.29) is 41.8 Å². The summed E-state index contributed by atoms with van der Waals surface area (Å²) in [7, 11) is 1.73. The third-order valence-electron chi connectivity index (χ3n) is 5.55. The zero-order valence-electron chi connectivity index (χ0n) is 19.4. The van der Waals surface area contributed by atoms with Crippen molar-refractivity contribution in [2.24, 2.45) is 10.9 Å². The molecule has 33 heavy (non-hydrogen) atoms. The van der Waals surface area contributed by atoms with Gasteiger partial charge in [0.1, 0.15) is 17.5 Å². The highest BCUT2D eigenvalue weighted by molar-refractivity contribution is 14.0. The number of nitrogens with one attached hydrogen (secondary N) is 2. The van der Waals surface area contributed by atoms with E-state index in [4.69, 9.17) is 5.73 Å². The fourth-order valence-electron chi connectivity index (χ4n) is 3.84. The number of aliphatic imine (C=N–C) groups is 1. The molecule has 178 valence electrons. The van der Waals surface area contributed by atoms with Gasteiger partial charge in [0, 0.05) is 38.6 Å². The van der Waals surface area contributed by atoms with Crippen molar-refractivity contribution >= 4 is 41.7 Å². The number of nitrogen functional groups attached to an aromatic ring is 1. The van der Waals surface area contributed by atoms with E-state index in [0.29, 0.717) is 42.5 Å². The number of nitrogens with two attached hydrogens (primary N) is 1. The van der Waals surface area contributed by atoms with Crippen LogP contribution in [-0.2, 0) is 11.2 Å². The Hall–Kier alpha value is -2.81. The summed E-state index contributed by atoms with van der Waals surface area (Å²) in [6, 6.07) is 11.9. The highest BCUT2D eigenvalue weighted by Crippen LogP contribution is 2.21. The van der Waals surface area contributed by atoms with Crippen LogP contribution in [0.5, 0.6) is 0 Å². The minimum atomic E-state index is 0. The van der Waals surface area contributed by atoms with Crippen molar-refractivity contribution in [2.75, 3.05) is 32.4 Å². The summed E-state index contributed by atoms with van der Waals surface area (Å²) < 4.78 is 1.62. The number of aromatic nitrogens is 2. The molecule has 1 atom stereocenters. The average Bonchev–Trinajstić information content (AvgIpc) is 3.39. The molecule has 1 unspecified atom stereocenters. The lowest BCUT2D eigenvalue weighted by atomic mass is 10.1. The molecule has 1 aromatic heterocycles. The number of hydrogen-bond acceptors (Lipinski definition) is 5. The van der Waals surface area contributed by atoms with E-state index >= 15 is 0 Å². The number of hydrogen-bond donors (Lipinski definition) is 3. The third kappa shape index (κ3) is 6.60. The van der Waals surface area contributed by atoms with Crippen LogP contribution in [0.3, 0.4) is 0 Å². The number of carbonyl (C=O) groups is 1. The van der Waals surface area contributed by atoms with Crippen LogP contribution in [0.2, 0.25) is 0 Å². The second-order valence-electron chi connectivity index (χ2n) is 8.24. The predicted octanol–water partition coefficient (Wildman–Crippen LogP) is 2.30. The number of halogens is 1. The number of amides is 1. The monoisotopic (exact) mass is 564 g/mol. The topological polar surface area (TPSA) is 124 Å². The van der Waals surface area contributed by atoms with Crippen molar-refractivity contribution in [3.05, 3.63) is 41.6 Å². The van der Waals surface area contributed by atoms with E-state index in [0.717, 1.165) is 25.1 Å². The maximum absolute atomic E-state index is 12.2. The lowest BCUT2D eigenvalue weighted by molar-refractivity contribution is -0.133. The minimum absolute atomic E-state index is 0. The fraction of sp³-hybridized carbons (Fsp3) is 0.478. The molecule has 0 saturated carbocycles. The number of aryl methyl sites for hydroxylation is 1. The van der Waals surface area contributed by atoms with Gasteiger partial charge in [-0.25, -0.2) is 4.68 Å². The van der Waals surface area contributed by atoms with Gasteiger partial charge in [-0.3, -0.25) is 9.79 Å². The first-order chi connectivity index (χ1) is 15.4. The van der Waals surface area contributed by atoms with Gasteiger partial charge in [-0.1, -0.05) is 32.0 Å². The van der Waals surface area contributed by atoms with Crippen LogP contribution in [0.25, 0.3) is 5.69 Å². The van der Waals surface area contributed by atoms with Gasteiger partial charge in [-0.15, -0.1) is 24.0 Å². The number of benzene rings is 1. The summed E-state index contributed by atoms with van der Waals surface area (Å²) in [4.78, 5) is 18.4. The quantitative estimate of drug-likeness (QED) is 0.205. The lowest BCUT2D eigenvalue weighted by Crippen LogP contribution is -2.45. The highest BCUT2D eigenvalue weighted by atomic mass is 127. The molecule has 4 N–H and O–H groups in total. The van der Waals surface area contributed by atoms with Crippen LogP contribution in [0.4, 0.5) is 5.82 Å². The predicted molar refractivity (Wildman–Crippen MR) is 141 cm³/mol. The Morgan fingerprint density at radius 1 is 1.36 bits per heavy atom. The van der Waals surface area contributed by atoms with E-state index in [1.54, 1.807) is 11.7 Å². The van der Waals surface area contributed by atoms with E-state index in [9.17, 15) is 10.1 Å². The van der Waals surface area contributed by atoms with Gasteiger partial charge in [0.2, 0.25) is 5.91 Å². The second-order valence-corrected chi connectivity index (χ2v) is 8.24. The Bertz CT molecular complexity index is 996. The zero-order chi connectivity index (χ0) is 23.1. The van der Waals surface area contributed by atoms with E-state index < -0.39 is 0 Å². The molecule has 10 heteroatoms. The van der Waals surface area contributed by atoms with Gasteiger partial charge in [-0.05, 0) is 31.4 Å². The molecule has 1 aromatic carbocycles. The van der Waals surface area contributed by atoms with Gasteiger partial charge < -0.3 is 21.3 Å². The summed E-state index contributed by atoms with van der Waals surface area (Å²) in [5.41, 5.74) is 8.12.